The van der Waals surface area contributed by atoms with Crippen molar-refractivity contribution in [2.24, 2.45) is 0 Å². The molecule has 0 spiro atoms. The molecule has 1 fully saturated rings. The second-order valence-corrected chi connectivity index (χ2v) is 6.88. The Morgan fingerprint density at radius 2 is 2.00 bits per heavy atom. The Labute approximate surface area is 145 Å². The number of H-pyrrole nitrogens is 2. The predicted molar refractivity (Wildman–Crippen MR) is 97.7 cm³/mol. The third kappa shape index (κ3) is 2.97. The zero-order valence-corrected chi connectivity index (χ0v) is 14.4. The highest BCUT2D eigenvalue weighted by molar-refractivity contribution is 5.94. The molecule has 1 aromatic carbocycles. The molecule has 1 amide bonds. The number of aryl methyl sites for hydroxylation is 2. The van der Waals surface area contributed by atoms with Gasteiger partial charge in [-0.3, -0.25) is 9.59 Å². The lowest BCUT2D eigenvalue weighted by Crippen LogP contribution is -2.36. The van der Waals surface area contributed by atoms with E-state index in [0.717, 1.165) is 40.6 Å². The number of hydrogen-bond donors (Lipinski definition) is 2. The van der Waals surface area contributed by atoms with Crippen LogP contribution in [0.1, 0.15) is 40.0 Å². The zero-order chi connectivity index (χ0) is 17.6. The van der Waals surface area contributed by atoms with Crippen LogP contribution < -0.4 is 5.56 Å². The summed E-state index contributed by atoms with van der Waals surface area (Å²) in [6, 6.07) is 10.1. The van der Waals surface area contributed by atoms with Crippen molar-refractivity contribution >= 4 is 16.8 Å². The quantitative estimate of drug-likeness (QED) is 0.768. The number of benzene rings is 1. The number of nitrogens with zero attached hydrogens (tertiary/aromatic N) is 1. The lowest BCUT2D eigenvalue weighted by Gasteiger charge is -2.22. The highest BCUT2D eigenvalue weighted by atomic mass is 16.2. The number of fused-ring (bicyclic) bond motifs is 1. The molecular weight excluding hydrogens is 314 g/mol. The number of amides is 1. The number of hydrogen-bond acceptors (Lipinski definition) is 2. The number of aromatic nitrogens is 2. The van der Waals surface area contributed by atoms with Crippen LogP contribution in [-0.2, 0) is 6.54 Å². The largest absolute Gasteiger partial charge is 0.361 e. The first-order valence-corrected chi connectivity index (χ1v) is 8.60. The van der Waals surface area contributed by atoms with Crippen LogP contribution >= 0.6 is 0 Å². The first kappa shape index (κ1) is 15.7. The summed E-state index contributed by atoms with van der Waals surface area (Å²) in [6.45, 7) is 4.27. The Hall–Kier alpha value is -2.82. The third-order valence-corrected chi connectivity index (χ3v) is 4.95. The van der Waals surface area contributed by atoms with E-state index in [1.165, 1.54) is 0 Å². The molecule has 0 bridgehead atoms. The van der Waals surface area contributed by atoms with Crippen molar-refractivity contribution in [2.45, 2.75) is 39.3 Å². The minimum atomic E-state index is -0.306. The highest BCUT2D eigenvalue weighted by Gasteiger charge is 2.34. The van der Waals surface area contributed by atoms with Crippen molar-refractivity contribution in [3.63, 3.8) is 0 Å². The summed E-state index contributed by atoms with van der Waals surface area (Å²) >= 11 is 0. The Bertz CT molecular complexity index is 1010. The molecular formula is C20H21N3O2. The molecule has 0 unspecified atom stereocenters. The molecule has 1 saturated carbocycles. The number of carbonyl (C=O) groups is 1. The van der Waals surface area contributed by atoms with E-state index in [0.29, 0.717) is 6.54 Å². The molecule has 0 atom stereocenters. The monoisotopic (exact) mass is 335 g/mol. The predicted octanol–water partition coefficient (Wildman–Crippen LogP) is 3.28. The summed E-state index contributed by atoms with van der Waals surface area (Å²) in [5.74, 6) is -0.180. The minimum absolute atomic E-state index is 0.180. The van der Waals surface area contributed by atoms with Gasteiger partial charge in [0.25, 0.3) is 11.5 Å². The number of rotatable bonds is 4. The summed E-state index contributed by atoms with van der Waals surface area (Å²) in [4.78, 5) is 33.1. The molecule has 5 heteroatoms. The molecule has 5 nitrogen and oxygen atoms in total. The fraction of sp³-hybridized carbons (Fsp3) is 0.300. The SMILES string of the molecule is Cc1cc(C(=O)N(Cc2ccc3[nH]ccc3c2)C2CC2)c(=O)[nH]c1C. The average Bonchev–Trinajstić information content (AvgIpc) is 3.32. The first-order valence-electron chi connectivity index (χ1n) is 8.60. The van der Waals surface area contributed by atoms with Gasteiger partial charge in [0.2, 0.25) is 0 Å². The molecule has 2 N–H and O–H groups in total. The minimum Gasteiger partial charge on any atom is -0.361 e. The van der Waals surface area contributed by atoms with Crippen molar-refractivity contribution < 1.29 is 4.79 Å². The molecule has 0 saturated heterocycles. The van der Waals surface area contributed by atoms with Crippen LogP contribution in [0.4, 0.5) is 0 Å². The summed E-state index contributed by atoms with van der Waals surface area (Å²) in [7, 11) is 0. The second kappa shape index (κ2) is 5.92. The number of nitrogens with one attached hydrogen (secondary N) is 2. The topological polar surface area (TPSA) is 69.0 Å². The molecule has 25 heavy (non-hydrogen) atoms. The molecule has 1 aliphatic carbocycles. The smallest absolute Gasteiger partial charge is 0.261 e. The van der Waals surface area contributed by atoms with Gasteiger partial charge in [-0.2, -0.15) is 0 Å². The number of aromatic amines is 2. The van der Waals surface area contributed by atoms with Gasteiger partial charge in [-0.25, -0.2) is 0 Å². The summed E-state index contributed by atoms with van der Waals surface area (Å²) in [5, 5.41) is 1.13. The fourth-order valence-corrected chi connectivity index (χ4v) is 3.19. The van der Waals surface area contributed by atoms with Gasteiger partial charge in [0.1, 0.15) is 5.56 Å². The third-order valence-electron chi connectivity index (χ3n) is 4.95. The van der Waals surface area contributed by atoms with Crippen molar-refractivity contribution in [1.29, 1.82) is 0 Å². The highest BCUT2D eigenvalue weighted by Crippen LogP contribution is 2.30. The van der Waals surface area contributed by atoms with Crippen molar-refractivity contribution in [3.05, 3.63) is 69.3 Å². The Kier molecular flexibility index (Phi) is 3.71. The summed E-state index contributed by atoms with van der Waals surface area (Å²) in [5.41, 5.74) is 3.81. The van der Waals surface area contributed by atoms with Gasteiger partial charge in [-0.1, -0.05) is 6.07 Å². The molecule has 128 valence electrons. The Morgan fingerprint density at radius 3 is 2.76 bits per heavy atom. The maximum atomic E-state index is 13.0. The normalized spacial score (nSPS) is 14.0. The van der Waals surface area contributed by atoms with Crippen molar-refractivity contribution in [3.8, 4) is 0 Å². The average molecular weight is 335 g/mol. The van der Waals surface area contributed by atoms with E-state index in [-0.39, 0.29) is 23.1 Å². The second-order valence-electron chi connectivity index (χ2n) is 6.88. The van der Waals surface area contributed by atoms with Crippen LogP contribution in [0.5, 0.6) is 0 Å². The standard InChI is InChI=1S/C20H21N3O2/c1-12-9-17(19(24)22-13(12)2)20(25)23(16-4-5-16)11-14-3-6-18-15(10-14)7-8-21-18/h3,6-10,16,21H,4-5,11H2,1-2H3,(H,22,24). The fourth-order valence-electron chi connectivity index (χ4n) is 3.19. The maximum absolute atomic E-state index is 13.0. The van der Waals surface area contributed by atoms with Gasteiger partial charge in [0.15, 0.2) is 0 Å². The van der Waals surface area contributed by atoms with Gasteiger partial charge < -0.3 is 14.9 Å². The number of pyridine rings is 1. The van der Waals surface area contributed by atoms with Gasteiger partial charge >= 0.3 is 0 Å². The van der Waals surface area contributed by atoms with Crippen molar-refractivity contribution in [2.75, 3.05) is 0 Å². The molecule has 3 aromatic rings. The zero-order valence-electron chi connectivity index (χ0n) is 14.4. The van der Waals surface area contributed by atoms with Gasteiger partial charge in [0, 0.05) is 30.0 Å². The molecule has 2 aromatic heterocycles. The summed E-state index contributed by atoms with van der Waals surface area (Å²) < 4.78 is 0. The first-order chi connectivity index (χ1) is 12.0. The van der Waals surface area contributed by atoms with Crippen LogP contribution in [0.15, 0.2) is 41.3 Å². The van der Waals surface area contributed by atoms with E-state index >= 15 is 0 Å². The van der Waals surface area contributed by atoms with Crippen LogP contribution in [0.25, 0.3) is 10.9 Å². The van der Waals surface area contributed by atoms with Gasteiger partial charge in [0.05, 0.1) is 0 Å². The van der Waals surface area contributed by atoms with Gasteiger partial charge in [-0.05, 0) is 67.5 Å². The Morgan fingerprint density at radius 1 is 1.20 bits per heavy atom. The maximum Gasteiger partial charge on any atom is 0.261 e. The molecule has 2 heterocycles. The molecule has 4 rings (SSSR count). The molecule has 0 radical (unpaired) electrons. The molecule has 1 aliphatic rings. The van der Waals surface area contributed by atoms with E-state index < -0.39 is 0 Å². The van der Waals surface area contributed by atoms with Crippen LogP contribution in [0.3, 0.4) is 0 Å². The van der Waals surface area contributed by atoms with Gasteiger partial charge in [-0.15, -0.1) is 0 Å². The van der Waals surface area contributed by atoms with Crippen LogP contribution in [0.2, 0.25) is 0 Å². The molecule has 0 aliphatic heterocycles. The number of carbonyl (C=O) groups excluding carboxylic acids is 1. The van der Waals surface area contributed by atoms with Crippen LogP contribution in [0, 0.1) is 13.8 Å². The van der Waals surface area contributed by atoms with E-state index in [1.807, 2.05) is 43.1 Å². The van der Waals surface area contributed by atoms with E-state index in [4.69, 9.17) is 0 Å². The van der Waals surface area contributed by atoms with E-state index in [9.17, 15) is 9.59 Å². The van der Waals surface area contributed by atoms with Crippen LogP contribution in [-0.4, -0.2) is 26.8 Å². The lowest BCUT2D eigenvalue weighted by molar-refractivity contribution is 0.0728. The lowest BCUT2D eigenvalue weighted by atomic mass is 10.1. The van der Waals surface area contributed by atoms with E-state index in [1.54, 1.807) is 6.07 Å². The Balaban J connectivity index is 1.66. The van der Waals surface area contributed by atoms with E-state index in [2.05, 4.69) is 16.0 Å². The van der Waals surface area contributed by atoms with Crippen molar-refractivity contribution in [1.82, 2.24) is 14.9 Å². The summed E-state index contributed by atoms with van der Waals surface area (Å²) in [6.07, 6.45) is 3.91.